The Balaban J connectivity index is 0.00000144. The second-order valence-corrected chi connectivity index (χ2v) is 6.31. The van der Waals surface area contributed by atoms with Gasteiger partial charge in [0.15, 0.2) is 16.2 Å². The molecule has 1 aromatic heterocycles. The molecular formula is C15H11Cl2N2NaO2S. The van der Waals surface area contributed by atoms with Gasteiger partial charge in [-0.2, -0.15) is 5.10 Å². The van der Waals surface area contributed by atoms with Crippen LogP contribution in [-0.2, 0) is 11.1 Å². The van der Waals surface area contributed by atoms with Gasteiger partial charge in [-0.05, 0) is 30.3 Å². The molecule has 2 aromatic carbocycles. The van der Waals surface area contributed by atoms with E-state index < -0.39 is 11.1 Å². The van der Waals surface area contributed by atoms with Crippen LogP contribution in [0.3, 0.4) is 0 Å². The van der Waals surface area contributed by atoms with Crippen molar-refractivity contribution in [2.45, 2.75) is 4.90 Å². The zero-order chi connectivity index (χ0) is 15.7. The van der Waals surface area contributed by atoms with E-state index in [0.29, 0.717) is 15.1 Å². The van der Waals surface area contributed by atoms with Crippen molar-refractivity contribution in [1.82, 2.24) is 9.78 Å². The Labute approximate surface area is 169 Å². The van der Waals surface area contributed by atoms with Crippen molar-refractivity contribution in [2.24, 2.45) is 0 Å². The number of rotatable bonds is 3. The molecule has 0 radical (unpaired) electrons. The third-order valence-corrected chi connectivity index (χ3v) is 4.18. The zero-order valence-corrected chi connectivity index (χ0v) is 16.4. The van der Waals surface area contributed by atoms with Crippen molar-refractivity contribution >= 4 is 34.3 Å². The Morgan fingerprint density at radius 3 is 2.39 bits per heavy atom. The van der Waals surface area contributed by atoms with Crippen molar-refractivity contribution < 1.29 is 39.7 Å². The van der Waals surface area contributed by atoms with Crippen molar-refractivity contribution in [2.75, 3.05) is 0 Å². The zero-order valence-electron chi connectivity index (χ0n) is 13.1. The standard InChI is InChI=1S/C15H10Cl2N2O2S.Na.H/c16-11-2-1-3-12(8-11)19-14(9-15(17)18-19)10-4-6-13(7-5-10)22(20)21;;/h1-9H,(H,20,21);;/q;+1;-1. The summed E-state index contributed by atoms with van der Waals surface area (Å²) < 4.78 is 21.8. The van der Waals surface area contributed by atoms with Crippen LogP contribution < -0.4 is 29.6 Å². The van der Waals surface area contributed by atoms with Crippen molar-refractivity contribution in [3.63, 3.8) is 0 Å². The summed E-state index contributed by atoms with van der Waals surface area (Å²) in [5.74, 6) is 0. The number of hydrogen-bond acceptors (Lipinski definition) is 2. The maximum absolute atomic E-state index is 11.0. The fraction of sp³-hybridized carbons (Fsp3) is 0. The van der Waals surface area contributed by atoms with Gasteiger partial charge in [0.25, 0.3) is 0 Å². The average molecular weight is 377 g/mol. The monoisotopic (exact) mass is 376 g/mol. The van der Waals surface area contributed by atoms with Crippen molar-refractivity contribution in [1.29, 1.82) is 0 Å². The van der Waals surface area contributed by atoms with Crippen LogP contribution in [0.5, 0.6) is 0 Å². The van der Waals surface area contributed by atoms with Gasteiger partial charge in [0.1, 0.15) is 0 Å². The van der Waals surface area contributed by atoms with Crippen molar-refractivity contribution in [3.8, 4) is 16.9 Å². The molecule has 8 heteroatoms. The Morgan fingerprint density at radius 2 is 1.78 bits per heavy atom. The minimum atomic E-state index is -2.00. The van der Waals surface area contributed by atoms with E-state index in [0.717, 1.165) is 16.9 Å². The molecule has 114 valence electrons. The Bertz CT molecular complexity index is 859. The van der Waals surface area contributed by atoms with E-state index >= 15 is 0 Å². The molecule has 1 atom stereocenters. The van der Waals surface area contributed by atoms with E-state index in [1.807, 2.05) is 12.1 Å². The molecule has 0 fully saturated rings. The molecule has 0 spiro atoms. The second-order valence-electron chi connectivity index (χ2n) is 4.52. The van der Waals surface area contributed by atoms with E-state index in [1.54, 1.807) is 47.1 Å². The SMILES string of the molecule is O=S(O)c1ccc(-c2cc(Cl)nn2-c2cccc(Cl)c2)cc1.[H-].[Na+]. The van der Waals surface area contributed by atoms with Gasteiger partial charge in [-0.25, -0.2) is 8.89 Å². The fourth-order valence-corrected chi connectivity index (χ4v) is 2.84. The molecule has 1 N–H and O–H groups in total. The Kier molecular flexibility index (Phi) is 6.45. The first-order valence-electron chi connectivity index (χ1n) is 6.27. The van der Waals surface area contributed by atoms with Crippen LogP contribution >= 0.6 is 23.2 Å². The summed E-state index contributed by atoms with van der Waals surface area (Å²) in [6.45, 7) is 0. The summed E-state index contributed by atoms with van der Waals surface area (Å²) >= 11 is 10.1. The topological polar surface area (TPSA) is 55.1 Å². The molecule has 0 saturated carbocycles. The summed E-state index contributed by atoms with van der Waals surface area (Å²) in [5.41, 5.74) is 2.38. The minimum Gasteiger partial charge on any atom is -1.00 e. The summed E-state index contributed by atoms with van der Waals surface area (Å²) in [6.07, 6.45) is 0. The maximum Gasteiger partial charge on any atom is 1.00 e. The number of hydrogen-bond donors (Lipinski definition) is 1. The Hall–Kier alpha value is -0.660. The summed E-state index contributed by atoms with van der Waals surface area (Å²) in [7, 11) is 0. The van der Waals surface area contributed by atoms with Gasteiger partial charge >= 0.3 is 29.6 Å². The molecule has 0 aliphatic heterocycles. The van der Waals surface area contributed by atoms with Gasteiger partial charge in [0.05, 0.1) is 16.3 Å². The second kappa shape index (κ2) is 7.94. The van der Waals surface area contributed by atoms with Gasteiger partial charge in [0.2, 0.25) is 0 Å². The normalized spacial score (nSPS) is 11.8. The van der Waals surface area contributed by atoms with E-state index in [2.05, 4.69) is 5.10 Å². The van der Waals surface area contributed by atoms with Crippen LogP contribution in [0, 0.1) is 0 Å². The quantitative estimate of drug-likeness (QED) is 0.557. The van der Waals surface area contributed by atoms with Crippen LogP contribution in [0.25, 0.3) is 16.9 Å². The van der Waals surface area contributed by atoms with Crippen LogP contribution in [-0.4, -0.2) is 18.5 Å². The van der Waals surface area contributed by atoms with Gasteiger partial charge < -0.3 is 5.98 Å². The Morgan fingerprint density at radius 1 is 1.09 bits per heavy atom. The molecule has 0 aliphatic carbocycles. The molecular weight excluding hydrogens is 366 g/mol. The third-order valence-electron chi connectivity index (χ3n) is 3.08. The number of aromatic nitrogens is 2. The molecule has 3 rings (SSSR count). The third kappa shape index (κ3) is 4.25. The molecule has 1 unspecified atom stereocenters. The molecule has 3 aromatic rings. The molecule has 0 amide bonds. The minimum absolute atomic E-state index is 0. The first-order valence-corrected chi connectivity index (χ1v) is 8.13. The van der Waals surface area contributed by atoms with Crippen LogP contribution in [0.4, 0.5) is 0 Å². The predicted molar refractivity (Wildman–Crippen MR) is 89.2 cm³/mol. The van der Waals surface area contributed by atoms with E-state index in [4.69, 9.17) is 27.8 Å². The number of halogens is 2. The van der Waals surface area contributed by atoms with Gasteiger partial charge in [-0.15, -0.1) is 0 Å². The summed E-state index contributed by atoms with van der Waals surface area (Å²) in [4.78, 5) is 0.337. The molecule has 0 saturated heterocycles. The van der Waals surface area contributed by atoms with E-state index in [9.17, 15) is 4.21 Å². The number of benzene rings is 2. The summed E-state index contributed by atoms with van der Waals surface area (Å²) in [6, 6.07) is 15.7. The largest absolute Gasteiger partial charge is 1.00 e. The molecule has 0 aliphatic rings. The van der Waals surface area contributed by atoms with Crippen LogP contribution in [0.15, 0.2) is 59.5 Å². The van der Waals surface area contributed by atoms with E-state index in [-0.39, 0.29) is 31.0 Å². The van der Waals surface area contributed by atoms with Gasteiger partial charge in [-0.3, -0.25) is 0 Å². The molecule has 4 nitrogen and oxygen atoms in total. The van der Waals surface area contributed by atoms with E-state index in [1.165, 1.54) is 0 Å². The maximum atomic E-state index is 11.0. The summed E-state index contributed by atoms with van der Waals surface area (Å²) in [5, 5.41) is 5.22. The van der Waals surface area contributed by atoms with Crippen molar-refractivity contribution in [3.05, 3.63) is 64.8 Å². The fourth-order valence-electron chi connectivity index (χ4n) is 2.10. The predicted octanol–water partition coefficient (Wildman–Crippen LogP) is 1.54. The average Bonchev–Trinajstić information content (AvgIpc) is 2.89. The van der Waals surface area contributed by atoms with Crippen LogP contribution in [0.2, 0.25) is 10.2 Å². The molecule has 1 heterocycles. The van der Waals surface area contributed by atoms with Gasteiger partial charge in [-0.1, -0.05) is 41.4 Å². The first-order chi connectivity index (χ1) is 10.5. The number of nitrogens with zero attached hydrogens (tertiary/aromatic N) is 2. The van der Waals surface area contributed by atoms with Crippen LogP contribution in [0.1, 0.15) is 1.43 Å². The molecule has 23 heavy (non-hydrogen) atoms. The van der Waals surface area contributed by atoms with Gasteiger partial charge in [0, 0.05) is 16.7 Å². The molecule has 0 bridgehead atoms. The smallest absolute Gasteiger partial charge is 1.00 e. The first kappa shape index (κ1) is 18.7.